The molecule has 2 amide bonds. The van der Waals surface area contributed by atoms with Crippen LogP contribution in [0.2, 0.25) is 0 Å². The van der Waals surface area contributed by atoms with Gasteiger partial charge in [0.2, 0.25) is 5.91 Å². The summed E-state index contributed by atoms with van der Waals surface area (Å²) < 4.78 is 0. The first kappa shape index (κ1) is 18.0. The van der Waals surface area contributed by atoms with Crippen molar-refractivity contribution in [1.29, 1.82) is 0 Å². The number of carbonyl (C=O) groups is 2. The highest BCUT2D eigenvalue weighted by molar-refractivity contribution is 6.06. The second kappa shape index (κ2) is 8.04. The molecule has 5 nitrogen and oxygen atoms in total. The lowest BCUT2D eigenvalue weighted by atomic mass is 9.88. The summed E-state index contributed by atoms with van der Waals surface area (Å²) in [6, 6.07) is 12.5. The van der Waals surface area contributed by atoms with E-state index in [2.05, 4.69) is 10.6 Å². The topological polar surface area (TPSA) is 84.2 Å². The minimum atomic E-state index is -0.217. The lowest BCUT2D eigenvalue weighted by molar-refractivity contribution is -0.120. The van der Waals surface area contributed by atoms with Crippen molar-refractivity contribution < 1.29 is 9.59 Å². The zero-order valence-corrected chi connectivity index (χ0v) is 15.0. The van der Waals surface area contributed by atoms with Crippen LogP contribution in [-0.4, -0.2) is 11.8 Å². The summed E-state index contributed by atoms with van der Waals surface area (Å²) in [6.07, 6.45) is 5.37. The molecule has 3 rings (SSSR count). The van der Waals surface area contributed by atoms with E-state index in [1.54, 1.807) is 24.3 Å². The van der Waals surface area contributed by atoms with Crippen molar-refractivity contribution in [3.63, 3.8) is 0 Å². The molecule has 2 aromatic carbocycles. The number of nitrogens with two attached hydrogens (primary N) is 1. The molecule has 0 heterocycles. The van der Waals surface area contributed by atoms with E-state index in [4.69, 9.17) is 5.73 Å². The fourth-order valence-corrected chi connectivity index (χ4v) is 3.37. The molecule has 1 aliphatic rings. The Morgan fingerprint density at radius 1 is 0.962 bits per heavy atom. The molecule has 0 unspecified atom stereocenters. The summed E-state index contributed by atoms with van der Waals surface area (Å²) in [6.45, 7) is 1.87. The standard InChI is InChI=1S/C21H25N3O2/c1-14-10-11-16(22)12-19(14)21(26)24-18-9-5-8-17(13-18)23-20(25)15-6-3-2-4-7-15/h5,8-13,15H,2-4,6-7,22H2,1H3,(H,23,25)(H,24,26). The number of amides is 2. The van der Waals surface area contributed by atoms with Crippen LogP contribution >= 0.6 is 0 Å². The number of aryl methyl sites for hydroxylation is 1. The molecule has 0 aliphatic heterocycles. The summed E-state index contributed by atoms with van der Waals surface area (Å²) >= 11 is 0. The van der Waals surface area contributed by atoms with Gasteiger partial charge in [-0.25, -0.2) is 0 Å². The lowest BCUT2D eigenvalue weighted by Crippen LogP contribution is -2.24. The molecule has 26 heavy (non-hydrogen) atoms. The highest BCUT2D eigenvalue weighted by Gasteiger charge is 2.21. The fraction of sp³-hybridized carbons (Fsp3) is 0.333. The number of hydrogen-bond donors (Lipinski definition) is 3. The second-order valence-corrected chi connectivity index (χ2v) is 6.93. The van der Waals surface area contributed by atoms with Gasteiger partial charge in [-0.05, 0) is 55.7 Å². The molecular weight excluding hydrogens is 326 g/mol. The molecule has 1 fully saturated rings. The van der Waals surface area contributed by atoms with E-state index in [0.717, 1.165) is 31.2 Å². The highest BCUT2D eigenvalue weighted by atomic mass is 16.2. The van der Waals surface area contributed by atoms with E-state index in [1.165, 1.54) is 6.42 Å². The molecule has 1 saturated carbocycles. The number of nitrogen functional groups attached to an aromatic ring is 1. The number of rotatable bonds is 4. The summed E-state index contributed by atoms with van der Waals surface area (Å²) in [5, 5.41) is 5.85. The van der Waals surface area contributed by atoms with Crippen LogP contribution in [0.5, 0.6) is 0 Å². The highest BCUT2D eigenvalue weighted by Crippen LogP contribution is 2.25. The molecule has 0 radical (unpaired) electrons. The van der Waals surface area contributed by atoms with Gasteiger partial charge < -0.3 is 16.4 Å². The number of nitrogens with one attached hydrogen (secondary N) is 2. The van der Waals surface area contributed by atoms with Gasteiger partial charge >= 0.3 is 0 Å². The van der Waals surface area contributed by atoms with E-state index in [1.807, 2.05) is 25.1 Å². The number of anilines is 3. The van der Waals surface area contributed by atoms with Crippen molar-refractivity contribution in [2.45, 2.75) is 39.0 Å². The Morgan fingerprint density at radius 3 is 2.38 bits per heavy atom. The Bertz CT molecular complexity index is 811. The van der Waals surface area contributed by atoms with Crippen LogP contribution in [-0.2, 0) is 4.79 Å². The van der Waals surface area contributed by atoms with Gasteiger partial charge in [0, 0.05) is 28.5 Å². The summed E-state index contributed by atoms with van der Waals surface area (Å²) in [5.41, 5.74) is 9.07. The van der Waals surface area contributed by atoms with Gasteiger partial charge in [0.05, 0.1) is 0 Å². The van der Waals surface area contributed by atoms with Crippen molar-refractivity contribution in [3.8, 4) is 0 Å². The van der Waals surface area contributed by atoms with Gasteiger partial charge in [0.15, 0.2) is 0 Å². The van der Waals surface area contributed by atoms with Gasteiger partial charge in [-0.2, -0.15) is 0 Å². The van der Waals surface area contributed by atoms with Crippen LogP contribution in [0.4, 0.5) is 17.1 Å². The third kappa shape index (κ3) is 4.42. The van der Waals surface area contributed by atoms with Gasteiger partial charge in [0.25, 0.3) is 5.91 Å². The Hall–Kier alpha value is -2.82. The maximum atomic E-state index is 12.5. The normalized spacial score (nSPS) is 14.7. The van der Waals surface area contributed by atoms with Crippen LogP contribution in [0.15, 0.2) is 42.5 Å². The van der Waals surface area contributed by atoms with Crippen LogP contribution in [0, 0.1) is 12.8 Å². The lowest BCUT2D eigenvalue weighted by Gasteiger charge is -2.20. The minimum absolute atomic E-state index is 0.0693. The third-order valence-corrected chi connectivity index (χ3v) is 4.87. The van der Waals surface area contributed by atoms with E-state index in [-0.39, 0.29) is 17.7 Å². The molecule has 4 N–H and O–H groups in total. The van der Waals surface area contributed by atoms with Crippen LogP contribution in [0.1, 0.15) is 48.0 Å². The Labute approximate surface area is 154 Å². The van der Waals surface area contributed by atoms with Crippen LogP contribution in [0.3, 0.4) is 0 Å². The summed E-state index contributed by atoms with van der Waals surface area (Å²) in [5.74, 6) is -0.0534. The van der Waals surface area contributed by atoms with Gasteiger partial charge in [-0.1, -0.05) is 31.4 Å². The first-order chi connectivity index (χ1) is 12.5. The zero-order chi connectivity index (χ0) is 18.5. The molecule has 0 aromatic heterocycles. The van der Waals surface area contributed by atoms with Crippen LogP contribution < -0.4 is 16.4 Å². The van der Waals surface area contributed by atoms with Crippen molar-refractivity contribution in [2.24, 2.45) is 5.92 Å². The van der Waals surface area contributed by atoms with Crippen LogP contribution in [0.25, 0.3) is 0 Å². The molecular formula is C21H25N3O2. The Balaban J connectivity index is 1.68. The quantitative estimate of drug-likeness (QED) is 0.716. The molecule has 0 spiro atoms. The predicted molar refractivity (Wildman–Crippen MR) is 105 cm³/mol. The first-order valence-electron chi connectivity index (χ1n) is 9.11. The van der Waals surface area contributed by atoms with Gasteiger partial charge in [-0.3, -0.25) is 9.59 Å². The van der Waals surface area contributed by atoms with Crippen molar-refractivity contribution >= 4 is 28.9 Å². The van der Waals surface area contributed by atoms with E-state index >= 15 is 0 Å². The number of carbonyl (C=O) groups excluding carboxylic acids is 2. The Morgan fingerprint density at radius 2 is 1.65 bits per heavy atom. The predicted octanol–water partition coefficient (Wildman–Crippen LogP) is 4.35. The first-order valence-corrected chi connectivity index (χ1v) is 9.11. The molecule has 0 atom stereocenters. The van der Waals surface area contributed by atoms with E-state index in [9.17, 15) is 9.59 Å². The molecule has 2 aromatic rings. The second-order valence-electron chi connectivity index (χ2n) is 6.93. The average molecular weight is 351 g/mol. The molecule has 0 bridgehead atoms. The van der Waals surface area contributed by atoms with Gasteiger partial charge in [0.1, 0.15) is 0 Å². The maximum absolute atomic E-state index is 12.5. The monoisotopic (exact) mass is 351 g/mol. The molecule has 5 heteroatoms. The maximum Gasteiger partial charge on any atom is 0.256 e. The van der Waals surface area contributed by atoms with E-state index < -0.39 is 0 Å². The molecule has 0 saturated heterocycles. The SMILES string of the molecule is Cc1ccc(N)cc1C(=O)Nc1cccc(NC(=O)C2CCCCC2)c1. The average Bonchev–Trinajstić information content (AvgIpc) is 2.64. The van der Waals surface area contributed by atoms with E-state index in [0.29, 0.717) is 22.6 Å². The van der Waals surface area contributed by atoms with Crippen molar-refractivity contribution in [2.75, 3.05) is 16.4 Å². The third-order valence-electron chi connectivity index (χ3n) is 4.87. The molecule has 1 aliphatic carbocycles. The summed E-state index contributed by atoms with van der Waals surface area (Å²) in [4.78, 5) is 24.9. The van der Waals surface area contributed by atoms with Crippen molar-refractivity contribution in [3.05, 3.63) is 53.6 Å². The summed E-state index contributed by atoms with van der Waals surface area (Å²) in [7, 11) is 0. The smallest absolute Gasteiger partial charge is 0.256 e. The number of hydrogen-bond acceptors (Lipinski definition) is 3. The van der Waals surface area contributed by atoms with Gasteiger partial charge in [-0.15, -0.1) is 0 Å². The zero-order valence-electron chi connectivity index (χ0n) is 15.0. The number of benzene rings is 2. The van der Waals surface area contributed by atoms with Crippen molar-refractivity contribution in [1.82, 2.24) is 0 Å². The fourth-order valence-electron chi connectivity index (χ4n) is 3.37. The Kier molecular flexibility index (Phi) is 5.56. The minimum Gasteiger partial charge on any atom is -0.399 e. The largest absolute Gasteiger partial charge is 0.399 e. The molecule has 136 valence electrons.